The highest BCUT2D eigenvalue weighted by molar-refractivity contribution is 7.10. The number of imidazole rings is 1. The number of carbonyl (C=O) groups excluding carboxylic acids is 1. The molecule has 0 amide bonds. The largest absolute Gasteiger partial charge is 0.461 e. The van der Waals surface area contributed by atoms with Gasteiger partial charge in [-0.1, -0.05) is 13.8 Å². The number of aromatic amines is 1. The molecule has 0 saturated heterocycles. The predicted octanol–water partition coefficient (Wildman–Crippen LogP) is 3.49. The Hall–Kier alpha value is -2.75. The van der Waals surface area contributed by atoms with Crippen LogP contribution in [0.25, 0.3) is 11.2 Å². The van der Waals surface area contributed by atoms with Crippen molar-refractivity contribution in [3.8, 4) is 0 Å². The minimum Gasteiger partial charge on any atom is -0.461 e. The summed E-state index contributed by atoms with van der Waals surface area (Å²) in [5.41, 5.74) is 0.447. The first-order valence-corrected chi connectivity index (χ1v) is 13.1. The zero-order valence-electron chi connectivity index (χ0n) is 20.0. The van der Waals surface area contributed by atoms with Crippen LogP contribution in [0.15, 0.2) is 15.0 Å². The van der Waals surface area contributed by atoms with Crippen molar-refractivity contribution in [1.29, 1.82) is 0 Å². The standard InChI is InChI=1S/C24H31N5O4S/c1-4-11-28-17-16(18(30)29(12-5-2)22(28)32)26-20(27-17)23-7-9-24(14-23,10-8-23)21-25-15(13-34-21)19(31)33-6-3/h13H,4-12,14H2,1-3H3,(H,26,27). The predicted molar refractivity (Wildman–Crippen MR) is 130 cm³/mol. The van der Waals surface area contributed by atoms with E-state index < -0.39 is 0 Å². The molecule has 0 unspecified atom stereocenters. The third-order valence-electron chi connectivity index (χ3n) is 7.54. The van der Waals surface area contributed by atoms with Crippen LogP contribution in [0.3, 0.4) is 0 Å². The minimum absolute atomic E-state index is 0.0834. The monoisotopic (exact) mass is 485 g/mol. The molecule has 2 saturated carbocycles. The van der Waals surface area contributed by atoms with Crippen molar-refractivity contribution in [2.75, 3.05) is 6.61 Å². The number of esters is 1. The SMILES string of the molecule is CCCn1c(=O)c2[nH]c(C34CCC(c5nc(C(=O)OCC)cs5)(CC3)C4)nc2n(CCC)c1=O. The third kappa shape index (κ3) is 3.37. The fraction of sp³-hybridized carbons (Fsp3) is 0.625. The Kier molecular flexibility index (Phi) is 5.74. The number of hydrogen-bond acceptors (Lipinski definition) is 7. The molecule has 0 radical (unpaired) electrons. The molecule has 2 bridgehead atoms. The van der Waals surface area contributed by atoms with Crippen molar-refractivity contribution >= 4 is 28.5 Å². The van der Waals surface area contributed by atoms with Gasteiger partial charge in [-0.15, -0.1) is 11.3 Å². The summed E-state index contributed by atoms with van der Waals surface area (Å²) < 4.78 is 8.09. The van der Waals surface area contributed by atoms with E-state index in [0.29, 0.717) is 43.0 Å². The maximum absolute atomic E-state index is 13.2. The van der Waals surface area contributed by atoms with Gasteiger partial charge < -0.3 is 9.72 Å². The highest BCUT2D eigenvalue weighted by atomic mass is 32.1. The van der Waals surface area contributed by atoms with Gasteiger partial charge in [-0.25, -0.2) is 19.6 Å². The van der Waals surface area contributed by atoms with Gasteiger partial charge in [0.2, 0.25) is 0 Å². The van der Waals surface area contributed by atoms with Gasteiger partial charge >= 0.3 is 11.7 Å². The van der Waals surface area contributed by atoms with E-state index in [1.807, 2.05) is 13.8 Å². The van der Waals surface area contributed by atoms with E-state index in [-0.39, 0.29) is 28.0 Å². The molecule has 2 fully saturated rings. The first kappa shape index (κ1) is 23.0. The number of carbonyl (C=O) groups is 1. The summed E-state index contributed by atoms with van der Waals surface area (Å²) in [5, 5.41) is 2.78. The molecule has 10 heteroatoms. The van der Waals surface area contributed by atoms with Crippen molar-refractivity contribution in [1.82, 2.24) is 24.1 Å². The lowest BCUT2D eigenvalue weighted by molar-refractivity contribution is 0.0520. The van der Waals surface area contributed by atoms with E-state index in [2.05, 4.69) is 9.97 Å². The minimum atomic E-state index is -0.377. The Morgan fingerprint density at radius 3 is 2.41 bits per heavy atom. The molecule has 3 aromatic rings. The number of nitrogens with one attached hydrogen (secondary N) is 1. The summed E-state index contributed by atoms with van der Waals surface area (Å²) in [5.74, 6) is 0.429. The molecule has 2 aliphatic carbocycles. The molecule has 3 aromatic heterocycles. The molecule has 1 N–H and O–H groups in total. The maximum atomic E-state index is 13.2. The van der Waals surface area contributed by atoms with E-state index in [4.69, 9.17) is 9.72 Å². The molecule has 0 atom stereocenters. The zero-order chi connectivity index (χ0) is 24.1. The zero-order valence-corrected chi connectivity index (χ0v) is 20.8. The molecule has 9 nitrogen and oxygen atoms in total. The Balaban J connectivity index is 1.54. The van der Waals surface area contributed by atoms with Crippen LogP contribution in [0.4, 0.5) is 0 Å². The Bertz CT molecular complexity index is 1360. The van der Waals surface area contributed by atoms with Crippen molar-refractivity contribution in [3.63, 3.8) is 0 Å². The molecular formula is C24H31N5O4S. The second-order valence-electron chi connectivity index (χ2n) is 9.67. The normalized spacial score (nSPS) is 23.7. The molecule has 2 aliphatic rings. The number of nitrogens with zero attached hydrogens (tertiary/aromatic N) is 4. The van der Waals surface area contributed by atoms with Gasteiger partial charge in [-0.05, 0) is 51.9 Å². The molecule has 5 rings (SSSR count). The van der Waals surface area contributed by atoms with Gasteiger partial charge in [0, 0.05) is 29.3 Å². The Labute approximate surface area is 201 Å². The molecule has 0 aromatic carbocycles. The number of H-pyrrole nitrogens is 1. The van der Waals surface area contributed by atoms with Crippen LogP contribution in [-0.2, 0) is 28.7 Å². The fourth-order valence-electron chi connectivity index (χ4n) is 5.90. The average molecular weight is 486 g/mol. The average Bonchev–Trinajstić information content (AvgIpc) is 3.61. The van der Waals surface area contributed by atoms with Gasteiger partial charge in [0.25, 0.3) is 5.56 Å². The summed E-state index contributed by atoms with van der Waals surface area (Å²) in [6, 6.07) is 0. The maximum Gasteiger partial charge on any atom is 0.357 e. The van der Waals surface area contributed by atoms with Gasteiger partial charge in [0.15, 0.2) is 11.3 Å². The molecule has 182 valence electrons. The first-order valence-electron chi connectivity index (χ1n) is 12.2. The number of fused-ring (bicyclic) bond motifs is 3. The van der Waals surface area contributed by atoms with E-state index in [1.165, 1.54) is 15.9 Å². The number of rotatable bonds is 8. The van der Waals surface area contributed by atoms with Gasteiger partial charge in [-0.3, -0.25) is 13.9 Å². The van der Waals surface area contributed by atoms with Crippen LogP contribution < -0.4 is 11.2 Å². The van der Waals surface area contributed by atoms with Crippen LogP contribution >= 0.6 is 11.3 Å². The number of ether oxygens (including phenoxy) is 1. The lowest BCUT2D eigenvalue weighted by Gasteiger charge is -2.25. The fourth-order valence-corrected chi connectivity index (χ4v) is 6.95. The highest BCUT2D eigenvalue weighted by Crippen LogP contribution is 2.62. The highest BCUT2D eigenvalue weighted by Gasteiger charge is 2.58. The second kappa shape index (κ2) is 8.48. The molecule has 3 heterocycles. The van der Waals surface area contributed by atoms with Crippen LogP contribution in [0, 0.1) is 0 Å². The van der Waals surface area contributed by atoms with E-state index in [0.717, 1.165) is 49.4 Å². The number of thiazole rings is 1. The lowest BCUT2D eigenvalue weighted by atomic mass is 9.82. The van der Waals surface area contributed by atoms with E-state index >= 15 is 0 Å². The quantitative estimate of drug-likeness (QED) is 0.489. The molecule has 0 spiro atoms. The topological polar surface area (TPSA) is 112 Å². The summed E-state index contributed by atoms with van der Waals surface area (Å²) in [6.45, 7) is 7.01. The second-order valence-corrected chi connectivity index (χ2v) is 10.5. The van der Waals surface area contributed by atoms with Crippen molar-refractivity contribution in [3.05, 3.63) is 42.7 Å². The molecule has 34 heavy (non-hydrogen) atoms. The van der Waals surface area contributed by atoms with E-state index in [9.17, 15) is 14.4 Å². The van der Waals surface area contributed by atoms with Crippen molar-refractivity contribution in [2.24, 2.45) is 0 Å². The number of aromatic nitrogens is 5. The molecular weight excluding hydrogens is 454 g/mol. The van der Waals surface area contributed by atoms with Gasteiger partial charge in [0.05, 0.1) is 11.6 Å². The number of aryl methyl sites for hydroxylation is 1. The third-order valence-corrected chi connectivity index (χ3v) is 8.63. The van der Waals surface area contributed by atoms with E-state index in [1.54, 1.807) is 16.9 Å². The Morgan fingerprint density at radius 2 is 1.74 bits per heavy atom. The number of hydrogen-bond donors (Lipinski definition) is 1. The smallest absolute Gasteiger partial charge is 0.357 e. The lowest BCUT2D eigenvalue weighted by Crippen LogP contribution is -2.40. The first-order chi connectivity index (χ1) is 16.4. The van der Waals surface area contributed by atoms with Crippen molar-refractivity contribution in [2.45, 2.75) is 89.6 Å². The summed E-state index contributed by atoms with van der Waals surface area (Å²) >= 11 is 1.53. The van der Waals surface area contributed by atoms with Gasteiger partial charge in [-0.2, -0.15) is 0 Å². The molecule has 0 aliphatic heterocycles. The van der Waals surface area contributed by atoms with Crippen LogP contribution in [0.2, 0.25) is 0 Å². The summed E-state index contributed by atoms with van der Waals surface area (Å²) in [7, 11) is 0. The Morgan fingerprint density at radius 1 is 1.06 bits per heavy atom. The van der Waals surface area contributed by atoms with Crippen LogP contribution in [0.1, 0.15) is 87.0 Å². The summed E-state index contributed by atoms with van der Waals surface area (Å²) in [4.78, 5) is 51.2. The van der Waals surface area contributed by atoms with Crippen LogP contribution in [-0.4, -0.2) is 36.7 Å². The summed E-state index contributed by atoms with van der Waals surface area (Å²) in [6.07, 6.45) is 6.15. The van der Waals surface area contributed by atoms with Crippen molar-refractivity contribution < 1.29 is 9.53 Å². The van der Waals surface area contributed by atoms with Gasteiger partial charge in [0.1, 0.15) is 11.3 Å². The van der Waals surface area contributed by atoms with Crippen LogP contribution in [0.5, 0.6) is 0 Å².